The van der Waals surface area contributed by atoms with Crippen LogP contribution in [0.25, 0.3) is 0 Å². The van der Waals surface area contributed by atoms with E-state index in [4.69, 9.17) is 0 Å². The van der Waals surface area contributed by atoms with Crippen LogP contribution in [0.2, 0.25) is 0 Å². The third kappa shape index (κ3) is 2.24. The molecular weight excluding hydrogens is 220 g/mol. The minimum Gasteiger partial charge on any atom is -0.391 e. The highest BCUT2D eigenvalue weighted by molar-refractivity contribution is 5.95. The Morgan fingerprint density at radius 3 is 2.76 bits per heavy atom. The second kappa shape index (κ2) is 4.33. The van der Waals surface area contributed by atoms with Crippen LogP contribution in [0.3, 0.4) is 0 Å². The lowest BCUT2D eigenvalue weighted by Gasteiger charge is -2.16. The van der Waals surface area contributed by atoms with E-state index >= 15 is 0 Å². The summed E-state index contributed by atoms with van der Waals surface area (Å²) in [6, 6.07) is 1.78. The lowest BCUT2D eigenvalue weighted by atomic mass is 10.1. The maximum Gasteiger partial charge on any atom is 0.261 e. The molecule has 0 aromatic carbocycles. The predicted molar refractivity (Wildman–Crippen MR) is 63.1 cm³/mol. The monoisotopic (exact) mass is 236 g/mol. The Labute approximate surface area is 99.1 Å². The molecule has 0 bridgehead atoms. The molecule has 0 spiro atoms. The van der Waals surface area contributed by atoms with Crippen molar-refractivity contribution in [3.8, 4) is 0 Å². The number of rotatable bonds is 1. The number of aromatic amines is 1. The molecule has 2 N–H and O–H groups in total. The molecule has 1 aromatic heterocycles. The van der Waals surface area contributed by atoms with Gasteiger partial charge in [-0.05, 0) is 31.9 Å². The third-order valence-electron chi connectivity index (χ3n) is 3.03. The van der Waals surface area contributed by atoms with E-state index in [2.05, 4.69) is 4.98 Å². The number of likely N-dealkylation sites (tertiary alicyclic amines) is 1. The Bertz CT molecular complexity index is 507. The summed E-state index contributed by atoms with van der Waals surface area (Å²) in [7, 11) is 0. The van der Waals surface area contributed by atoms with E-state index in [0.717, 1.165) is 5.69 Å². The maximum absolute atomic E-state index is 12.1. The highest BCUT2D eigenvalue weighted by atomic mass is 16.3. The third-order valence-corrected chi connectivity index (χ3v) is 3.03. The van der Waals surface area contributed by atoms with Gasteiger partial charge < -0.3 is 15.0 Å². The minimum absolute atomic E-state index is 0.185. The van der Waals surface area contributed by atoms with Gasteiger partial charge in [0.15, 0.2) is 0 Å². The Balaban J connectivity index is 2.35. The van der Waals surface area contributed by atoms with Crippen LogP contribution < -0.4 is 5.56 Å². The van der Waals surface area contributed by atoms with Crippen LogP contribution >= 0.6 is 0 Å². The average Bonchev–Trinajstić information content (AvgIpc) is 2.63. The van der Waals surface area contributed by atoms with Crippen LogP contribution in [-0.2, 0) is 0 Å². The Hall–Kier alpha value is -1.62. The second-order valence-corrected chi connectivity index (χ2v) is 4.53. The van der Waals surface area contributed by atoms with E-state index in [1.54, 1.807) is 19.9 Å². The number of aliphatic hydroxyl groups is 1. The van der Waals surface area contributed by atoms with Gasteiger partial charge in [0.05, 0.1) is 6.10 Å². The smallest absolute Gasteiger partial charge is 0.261 e. The highest BCUT2D eigenvalue weighted by Gasteiger charge is 2.27. The van der Waals surface area contributed by atoms with Gasteiger partial charge >= 0.3 is 0 Å². The van der Waals surface area contributed by atoms with Crippen molar-refractivity contribution >= 4 is 5.91 Å². The first-order valence-electron chi connectivity index (χ1n) is 5.67. The molecule has 17 heavy (non-hydrogen) atoms. The number of aliphatic hydroxyl groups excluding tert-OH is 1. The SMILES string of the molecule is Cc1cc(C)c(C(=O)N2CC[C@@H](O)C2)c(=O)[nH]1. The molecule has 1 fully saturated rings. The number of nitrogens with zero attached hydrogens (tertiary/aromatic N) is 1. The molecule has 0 radical (unpaired) electrons. The number of pyridine rings is 1. The molecule has 1 aromatic rings. The normalized spacial score (nSPS) is 19.7. The zero-order valence-electron chi connectivity index (χ0n) is 9.99. The summed E-state index contributed by atoms with van der Waals surface area (Å²) in [4.78, 5) is 28.1. The molecule has 0 saturated carbocycles. The summed E-state index contributed by atoms with van der Waals surface area (Å²) in [5.74, 6) is -0.291. The molecule has 1 atom stereocenters. The minimum atomic E-state index is -0.469. The van der Waals surface area contributed by atoms with Crippen LogP contribution in [0.15, 0.2) is 10.9 Å². The zero-order valence-corrected chi connectivity index (χ0v) is 9.99. The van der Waals surface area contributed by atoms with Gasteiger partial charge in [0.1, 0.15) is 5.56 Å². The van der Waals surface area contributed by atoms with Gasteiger partial charge in [-0.15, -0.1) is 0 Å². The van der Waals surface area contributed by atoms with Gasteiger partial charge in [-0.3, -0.25) is 9.59 Å². The first-order valence-corrected chi connectivity index (χ1v) is 5.67. The molecule has 0 aliphatic carbocycles. The van der Waals surface area contributed by atoms with Gasteiger partial charge in [-0.25, -0.2) is 0 Å². The van der Waals surface area contributed by atoms with Crippen molar-refractivity contribution < 1.29 is 9.90 Å². The van der Waals surface area contributed by atoms with E-state index < -0.39 is 6.10 Å². The Morgan fingerprint density at radius 1 is 1.53 bits per heavy atom. The van der Waals surface area contributed by atoms with E-state index in [1.165, 1.54) is 4.90 Å². The number of aryl methyl sites for hydroxylation is 2. The summed E-state index contributed by atoms with van der Waals surface area (Å²) < 4.78 is 0. The van der Waals surface area contributed by atoms with E-state index in [-0.39, 0.29) is 17.0 Å². The van der Waals surface area contributed by atoms with E-state index in [9.17, 15) is 14.7 Å². The van der Waals surface area contributed by atoms with Crippen molar-refractivity contribution in [3.63, 3.8) is 0 Å². The topological polar surface area (TPSA) is 73.4 Å². The van der Waals surface area contributed by atoms with E-state index in [1.807, 2.05) is 0 Å². The summed E-state index contributed by atoms with van der Waals surface area (Å²) in [6.45, 7) is 4.35. The fourth-order valence-corrected chi connectivity index (χ4v) is 2.20. The number of hydrogen-bond acceptors (Lipinski definition) is 3. The molecule has 2 rings (SSSR count). The van der Waals surface area contributed by atoms with Crippen molar-refractivity contribution in [2.75, 3.05) is 13.1 Å². The van der Waals surface area contributed by atoms with Gasteiger partial charge in [-0.2, -0.15) is 0 Å². The van der Waals surface area contributed by atoms with Crippen LogP contribution in [0.5, 0.6) is 0 Å². The Morgan fingerprint density at radius 2 is 2.24 bits per heavy atom. The molecule has 5 heteroatoms. The lowest BCUT2D eigenvalue weighted by Crippen LogP contribution is -2.34. The van der Waals surface area contributed by atoms with Crippen molar-refractivity contribution in [3.05, 3.63) is 33.2 Å². The summed E-state index contributed by atoms with van der Waals surface area (Å²) in [5, 5.41) is 9.40. The molecule has 5 nitrogen and oxygen atoms in total. The molecule has 92 valence electrons. The van der Waals surface area contributed by atoms with Gasteiger partial charge in [0.2, 0.25) is 0 Å². The highest BCUT2D eigenvalue weighted by Crippen LogP contribution is 2.13. The van der Waals surface area contributed by atoms with Gasteiger partial charge in [0.25, 0.3) is 11.5 Å². The molecular formula is C12H16N2O3. The number of carbonyl (C=O) groups excluding carboxylic acids is 1. The second-order valence-electron chi connectivity index (χ2n) is 4.53. The lowest BCUT2D eigenvalue weighted by molar-refractivity contribution is 0.0762. The van der Waals surface area contributed by atoms with Crippen molar-refractivity contribution in [1.29, 1.82) is 0 Å². The van der Waals surface area contributed by atoms with Crippen LogP contribution in [-0.4, -0.2) is 40.1 Å². The van der Waals surface area contributed by atoms with Gasteiger partial charge in [-0.1, -0.05) is 0 Å². The fraction of sp³-hybridized carbons (Fsp3) is 0.500. The maximum atomic E-state index is 12.1. The number of β-amino-alcohol motifs (C(OH)–C–C–N with tert-alkyl or cyclic N) is 1. The van der Waals surface area contributed by atoms with Crippen molar-refractivity contribution in [2.24, 2.45) is 0 Å². The standard InChI is InChI=1S/C12H16N2O3/c1-7-5-8(2)13-11(16)10(7)12(17)14-4-3-9(15)6-14/h5,9,15H,3-4,6H2,1-2H3,(H,13,16)/t9-/m1/s1. The molecule has 2 heterocycles. The summed E-state index contributed by atoms with van der Waals surface area (Å²) in [6.07, 6.45) is 0.109. The molecule has 1 aliphatic heterocycles. The van der Waals surface area contributed by atoms with Crippen LogP contribution in [0.1, 0.15) is 28.0 Å². The zero-order chi connectivity index (χ0) is 12.6. The van der Waals surface area contributed by atoms with Crippen molar-refractivity contribution in [2.45, 2.75) is 26.4 Å². The molecule has 0 unspecified atom stereocenters. The summed E-state index contributed by atoms with van der Waals surface area (Å²) in [5.41, 5.74) is 1.25. The number of H-pyrrole nitrogens is 1. The summed E-state index contributed by atoms with van der Waals surface area (Å²) >= 11 is 0. The molecule has 1 saturated heterocycles. The largest absolute Gasteiger partial charge is 0.391 e. The fourth-order valence-electron chi connectivity index (χ4n) is 2.20. The average molecular weight is 236 g/mol. The van der Waals surface area contributed by atoms with Crippen LogP contribution in [0, 0.1) is 13.8 Å². The van der Waals surface area contributed by atoms with Gasteiger partial charge in [0, 0.05) is 18.8 Å². The van der Waals surface area contributed by atoms with Crippen LogP contribution in [0.4, 0.5) is 0 Å². The molecule has 1 aliphatic rings. The van der Waals surface area contributed by atoms with Crippen molar-refractivity contribution in [1.82, 2.24) is 9.88 Å². The predicted octanol–water partition coefficient (Wildman–Crippen LogP) is 0.199. The molecule has 1 amide bonds. The first kappa shape index (κ1) is 11.9. The number of amides is 1. The number of carbonyl (C=O) groups is 1. The number of aromatic nitrogens is 1. The number of nitrogens with one attached hydrogen (secondary N) is 1. The van der Waals surface area contributed by atoms with E-state index in [0.29, 0.717) is 25.1 Å². The first-order chi connectivity index (χ1) is 7.99. The quantitative estimate of drug-likeness (QED) is 0.731. The Kier molecular flexibility index (Phi) is 3.02. The number of hydrogen-bond donors (Lipinski definition) is 2.